The maximum atomic E-state index is 11.8. The standard InChI is InChI=1S/C15H28N2O5S/c1-11-4-6-15(7-5-11)21-9-13(22-15)8-16-14(18)17-12(2)10-23(3,19)20/h11-13H,4-10H2,1-3H3,(H2,16,17,18)/t11?,12-,13-,15?/m0/s1. The predicted octanol–water partition coefficient (Wildman–Crippen LogP) is 1.04. The highest BCUT2D eigenvalue weighted by Gasteiger charge is 2.43. The minimum Gasteiger partial charge on any atom is -0.347 e. The zero-order chi connectivity index (χ0) is 17.1. The number of hydrogen-bond donors (Lipinski definition) is 2. The average Bonchev–Trinajstić information content (AvgIpc) is 2.81. The number of nitrogens with one attached hydrogen (secondary N) is 2. The lowest BCUT2D eigenvalue weighted by molar-refractivity contribution is -0.191. The summed E-state index contributed by atoms with van der Waals surface area (Å²) in [5, 5.41) is 5.33. The van der Waals surface area contributed by atoms with Crippen molar-refractivity contribution in [3.05, 3.63) is 0 Å². The summed E-state index contributed by atoms with van der Waals surface area (Å²) in [7, 11) is -3.11. The molecule has 2 atom stereocenters. The Bertz CT molecular complexity index is 514. The van der Waals surface area contributed by atoms with Crippen LogP contribution in [0, 0.1) is 5.92 Å². The Balaban J connectivity index is 1.69. The van der Waals surface area contributed by atoms with E-state index in [2.05, 4.69) is 17.6 Å². The molecule has 2 fully saturated rings. The molecule has 2 amide bonds. The first kappa shape index (κ1) is 18.5. The summed E-state index contributed by atoms with van der Waals surface area (Å²) < 4.78 is 34.2. The molecule has 8 heteroatoms. The topological polar surface area (TPSA) is 93.7 Å². The van der Waals surface area contributed by atoms with Gasteiger partial charge in [0.15, 0.2) is 5.79 Å². The summed E-state index contributed by atoms with van der Waals surface area (Å²) in [5.41, 5.74) is 0. The van der Waals surface area contributed by atoms with Gasteiger partial charge in [-0.2, -0.15) is 0 Å². The molecular weight excluding hydrogens is 320 g/mol. The minimum atomic E-state index is -3.11. The Labute approximate surface area is 138 Å². The summed E-state index contributed by atoms with van der Waals surface area (Å²) >= 11 is 0. The van der Waals surface area contributed by atoms with Crippen molar-refractivity contribution >= 4 is 15.9 Å². The van der Waals surface area contributed by atoms with Crippen LogP contribution in [-0.2, 0) is 19.3 Å². The van der Waals surface area contributed by atoms with E-state index in [1.54, 1.807) is 6.92 Å². The van der Waals surface area contributed by atoms with Gasteiger partial charge in [-0.3, -0.25) is 0 Å². The second-order valence-corrected chi connectivity index (χ2v) is 9.18. The Hall–Kier alpha value is -0.860. The summed E-state index contributed by atoms with van der Waals surface area (Å²) in [6.45, 7) is 4.74. The number of sulfone groups is 1. The number of amides is 2. The summed E-state index contributed by atoms with van der Waals surface area (Å²) in [5.74, 6) is 0.177. The maximum Gasteiger partial charge on any atom is 0.315 e. The van der Waals surface area contributed by atoms with E-state index in [9.17, 15) is 13.2 Å². The van der Waals surface area contributed by atoms with Crippen LogP contribution in [0.1, 0.15) is 39.5 Å². The normalized spacial score (nSPS) is 32.7. The van der Waals surface area contributed by atoms with E-state index in [-0.39, 0.29) is 17.9 Å². The van der Waals surface area contributed by atoms with E-state index in [4.69, 9.17) is 9.47 Å². The first-order chi connectivity index (χ1) is 10.7. The lowest BCUT2D eigenvalue weighted by Gasteiger charge is -2.34. The molecule has 1 aliphatic carbocycles. The highest BCUT2D eigenvalue weighted by Crippen LogP contribution is 2.39. The van der Waals surface area contributed by atoms with Crippen molar-refractivity contribution in [3.63, 3.8) is 0 Å². The van der Waals surface area contributed by atoms with E-state index in [1.165, 1.54) is 0 Å². The first-order valence-electron chi connectivity index (χ1n) is 8.21. The second-order valence-electron chi connectivity index (χ2n) is 6.99. The molecule has 2 aliphatic rings. The van der Waals surface area contributed by atoms with Gasteiger partial charge in [0, 0.05) is 31.7 Å². The Morgan fingerprint density at radius 3 is 2.61 bits per heavy atom. The molecule has 134 valence electrons. The highest BCUT2D eigenvalue weighted by molar-refractivity contribution is 7.90. The quantitative estimate of drug-likeness (QED) is 0.774. The molecule has 2 rings (SSSR count). The van der Waals surface area contributed by atoms with Crippen LogP contribution in [0.15, 0.2) is 0 Å². The van der Waals surface area contributed by atoms with Gasteiger partial charge in [0.05, 0.1) is 12.4 Å². The molecule has 0 bridgehead atoms. The number of urea groups is 1. The van der Waals surface area contributed by atoms with Crippen molar-refractivity contribution < 1.29 is 22.7 Å². The molecule has 23 heavy (non-hydrogen) atoms. The van der Waals surface area contributed by atoms with E-state index >= 15 is 0 Å². The van der Waals surface area contributed by atoms with E-state index < -0.39 is 21.7 Å². The van der Waals surface area contributed by atoms with Crippen LogP contribution in [0.4, 0.5) is 4.79 Å². The number of ether oxygens (including phenoxy) is 2. The van der Waals surface area contributed by atoms with Crippen LogP contribution in [0.2, 0.25) is 0 Å². The molecule has 0 aromatic rings. The molecule has 0 aromatic carbocycles. The van der Waals surface area contributed by atoms with Crippen molar-refractivity contribution in [1.29, 1.82) is 0 Å². The van der Waals surface area contributed by atoms with Crippen LogP contribution in [-0.4, -0.2) is 57.5 Å². The van der Waals surface area contributed by atoms with Crippen LogP contribution in [0.5, 0.6) is 0 Å². The number of rotatable bonds is 5. The van der Waals surface area contributed by atoms with E-state index in [1.807, 2.05) is 0 Å². The van der Waals surface area contributed by atoms with E-state index in [0.29, 0.717) is 19.1 Å². The Kier molecular flexibility index (Phi) is 5.91. The van der Waals surface area contributed by atoms with Gasteiger partial charge < -0.3 is 20.1 Å². The van der Waals surface area contributed by atoms with Gasteiger partial charge in [0.25, 0.3) is 0 Å². The smallest absolute Gasteiger partial charge is 0.315 e. The molecule has 1 aliphatic heterocycles. The van der Waals surface area contributed by atoms with Crippen molar-refractivity contribution in [3.8, 4) is 0 Å². The fourth-order valence-corrected chi connectivity index (χ4v) is 4.15. The number of hydrogen-bond acceptors (Lipinski definition) is 5. The first-order valence-corrected chi connectivity index (χ1v) is 10.3. The largest absolute Gasteiger partial charge is 0.347 e. The minimum absolute atomic E-state index is 0.0786. The SMILES string of the molecule is CC1CCC2(CC1)OC[C@H](CNC(=O)N[C@@H](C)CS(C)(=O)=O)O2. The van der Waals surface area contributed by atoms with Crippen LogP contribution < -0.4 is 10.6 Å². The van der Waals surface area contributed by atoms with Gasteiger partial charge >= 0.3 is 6.03 Å². The molecule has 7 nitrogen and oxygen atoms in total. The second kappa shape index (κ2) is 7.36. The van der Waals surface area contributed by atoms with Gasteiger partial charge in [-0.15, -0.1) is 0 Å². The van der Waals surface area contributed by atoms with Crippen molar-refractivity contribution in [2.75, 3.05) is 25.2 Å². The monoisotopic (exact) mass is 348 g/mol. The third-order valence-electron chi connectivity index (χ3n) is 4.37. The summed E-state index contributed by atoms with van der Waals surface area (Å²) in [6.07, 6.45) is 5.01. The molecule has 1 saturated heterocycles. The molecule has 1 saturated carbocycles. The molecule has 0 aromatic heterocycles. The van der Waals surface area contributed by atoms with Crippen molar-refractivity contribution in [1.82, 2.24) is 10.6 Å². The third-order valence-corrected chi connectivity index (χ3v) is 5.48. The average molecular weight is 348 g/mol. The molecule has 0 unspecified atom stereocenters. The lowest BCUT2D eigenvalue weighted by atomic mass is 9.86. The summed E-state index contributed by atoms with van der Waals surface area (Å²) in [6, 6.07) is -0.820. The number of carbonyl (C=O) groups is 1. The fourth-order valence-electron chi connectivity index (χ4n) is 3.16. The van der Waals surface area contributed by atoms with Gasteiger partial charge in [-0.25, -0.2) is 13.2 Å². The Morgan fingerprint density at radius 1 is 1.35 bits per heavy atom. The molecule has 1 spiro atoms. The van der Waals surface area contributed by atoms with Crippen molar-refractivity contribution in [2.45, 2.75) is 57.5 Å². The maximum absolute atomic E-state index is 11.8. The Morgan fingerprint density at radius 2 is 2.00 bits per heavy atom. The highest BCUT2D eigenvalue weighted by atomic mass is 32.2. The lowest BCUT2D eigenvalue weighted by Crippen LogP contribution is -2.46. The zero-order valence-electron chi connectivity index (χ0n) is 14.1. The third kappa shape index (κ3) is 5.93. The van der Waals surface area contributed by atoms with Crippen molar-refractivity contribution in [2.24, 2.45) is 5.92 Å². The van der Waals surface area contributed by atoms with Crippen LogP contribution in [0.25, 0.3) is 0 Å². The summed E-state index contributed by atoms with van der Waals surface area (Å²) in [4.78, 5) is 11.8. The van der Waals surface area contributed by atoms with Gasteiger partial charge in [0.2, 0.25) is 0 Å². The molecule has 2 N–H and O–H groups in total. The predicted molar refractivity (Wildman–Crippen MR) is 86.9 cm³/mol. The van der Waals surface area contributed by atoms with Gasteiger partial charge in [0.1, 0.15) is 15.9 Å². The van der Waals surface area contributed by atoms with Crippen LogP contribution in [0.3, 0.4) is 0 Å². The van der Waals surface area contributed by atoms with Gasteiger partial charge in [-0.1, -0.05) is 6.92 Å². The zero-order valence-corrected chi connectivity index (χ0v) is 14.9. The van der Waals surface area contributed by atoms with E-state index in [0.717, 1.165) is 31.9 Å². The number of carbonyl (C=O) groups excluding carboxylic acids is 1. The molecular formula is C15H28N2O5S. The van der Waals surface area contributed by atoms with Gasteiger partial charge in [-0.05, 0) is 25.7 Å². The fraction of sp³-hybridized carbons (Fsp3) is 0.933. The molecule has 1 heterocycles. The molecule has 0 radical (unpaired) electrons. The van der Waals surface area contributed by atoms with Crippen LogP contribution >= 0.6 is 0 Å².